The van der Waals surface area contributed by atoms with Gasteiger partial charge in [0, 0.05) is 6.54 Å². The predicted octanol–water partition coefficient (Wildman–Crippen LogP) is 2.10. The van der Waals surface area contributed by atoms with Crippen LogP contribution in [0.2, 0.25) is 0 Å². The van der Waals surface area contributed by atoms with Gasteiger partial charge in [0.2, 0.25) is 0 Å². The van der Waals surface area contributed by atoms with Crippen LogP contribution in [-0.4, -0.2) is 9.97 Å². The summed E-state index contributed by atoms with van der Waals surface area (Å²) in [4.78, 5) is 7.48. The Balaban J connectivity index is 2.09. The molecule has 0 aliphatic carbocycles. The number of hydrogen-bond acceptors (Lipinski definition) is 2. The second kappa shape index (κ2) is 5.10. The topological polar surface area (TPSA) is 54.7 Å². The van der Waals surface area contributed by atoms with E-state index in [9.17, 15) is 4.39 Å². The number of nitrogens with zero attached hydrogens (tertiary/aromatic N) is 1. The number of nitrogens with two attached hydrogens (primary N) is 1. The molecule has 2 rings (SSSR count). The first kappa shape index (κ1) is 11.8. The first-order chi connectivity index (χ1) is 8.20. The highest BCUT2D eigenvalue weighted by Crippen LogP contribution is 2.12. The number of aromatic amines is 1. The van der Waals surface area contributed by atoms with Gasteiger partial charge in [-0.3, -0.25) is 0 Å². The average Bonchev–Trinajstić information content (AvgIpc) is 2.69. The highest BCUT2D eigenvalue weighted by molar-refractivity contribution is 5.21. The normalized spacial score (nSPS) is 10.8. The quantitative estimate of drug-likeness (QED) is 0.849. The van der Waals surface area contributed by atoms with Gasteiger partial charge in [-0.1, -0.05) is 18.2 Å². The summed E-state index contributed by atoms with van der Waals surface area (Å²) in [6, 6.07) is 6.83. The number of hydrogen-bond donors (Lipinski definition) is 2. The van der Waals surface area contributed by atoms with Crippen molar-refractivity contribution < 1.29 is 4.39 Å². The number of aryl methyl sites for hydroxylation is 3. The minimum atomic E-state index is -0.158. The van der Waals surface area contributed by atoms with Crippen LogP contribution in [0.15, 0.2) is 24.3 Å². The third-order valence-corrected chi connectivity index (χ3v) is 2.78. The molecule has 0 amide bonds. The van der Waals surface area contributed by atoms with Gasteiger partial charge in [0.15, 0.2) is 0 Å². The number of benzene rings is 1. The molecular formula is C13H16FN3. The Bertz CT molecular complexity index is 505. The van der Waals surface area contributed by atoms with Crippen molar-refractivity contribution in [1.82, 2.24) is 9.97 Å². The van der Waals surface area contributed by atoms with Crippen molar-refractivity contribution in [3.63, 3.8) is 0 Å². The van der Waals surface area contributed by atoms with E-state index in [1.54, 1.807) is 12.1 Å². The monoisotopic (exact) mass is 233 g/mol. The van der Waals surface area contributed by atoms with Crippen LogP contribution >= 0.6 is 0 Å². The first-order valence-corrected chi connectivity index (χ1v) is 5.68. The molecular weight excluding hydrogens is 217 g/mol. The third kappa shape index (κ3) is 2.71. The van der Waals surface area contributed by atoms with Crippen molar-refractivity contribution in [2.24, 2.45) is 5.73 Å². The molecule has 1 aromatic carbocycles. The van der Waals surface area contributed by atoms with Gasteiger partial charge in [-0.2, -0.15) is 0 Å². The summed E-state index contributed by atoms with van der Waals surface area (Å²) in [5, 5.41) is 0. The highest BCUT2D eigenvalue weighted by atomic mass is 19.1. The number of halogens is 1. The zero-order valence-corrected chi connectivity index (χ0v) is 9.83. The van der Waals surface area contributed by atoms with E-state index in [0.717, 1.165) is 22.8 Å². The lowest BCUT2D eigenvalue weighted by Crippen LogP contribution is -2.03. The third-order valence-electron chi connectivity index (χ3n) is 2.78. The molecule has 90 valence electrons. The first-order valence-electron chi connectivity index (χ1n) is 5.68. The summed E-state index contributed by atoms with van der Waals surface area (Å²) in [5.74, 6) is 0.697. The standard InChI is InChI=1S/C13H16FN3/c1-9-16-12(13(8-15)17-9)7-6-10-4-2-3-5-11(10)14/h2-5H,6-8,15H2,1H3,(H,16,17). The van der Waals surface area contributed by atoms with Gasteiger partial charge in [0.05, 0.1) is 11.4 Å². The number of rotatable bonds is 4. The zero-order chi connectivity index (χ0) is 12.3. The van der Waals surface area contributed by atoms with Crippen LogP contribution in [0, 0.1) is 12.7 Å². The second-order valence-corrected chi connectivity index (χ2v) is 4.04. The molecule has 4 heteroatoms. The van der Waals surface area contributed by atoms with Crippen molar-refractivity contribution in [2.75, 3.05) is 0 Å². The fourth-order valence-corrected chi connectivity index (χ4v) is 1.92. The van der Waals surface area contributed by atoms with Crippen molar-refractivity contribution >= 4 is 0 Å². The molecule has 0 saturated carbocycles. The summed E-state index contributed by atoms with van der Waals surface area (Å²) in [5.41, 5.74) is 8.22. The van der Waals surface area contributed by atoms with Crippen molar-refractivity contribution in [2.45, 2.75) is 26.3 Å². The van der Waals surface area contributed by atoms with E-state index in [-0.39, 0.29) is 5.82 Å². The van der Waals surface area contributed by atoms with Crippen LogP contribution in [0.25, 0.3) is 0 Å². The summed E-state index contributed by atoms with van der Waals surface area (Å²) in [6.45, 7) is 2.33. The molecule has 0 bridgehead atoms. The largest absolute Gasteiger partial charge is 0.345 e. The Morgan fingerprint density at radius 1 is 1.29 bits per heavy atom. The van der Waals surface area contributed by atoms with E-state index >= 15 is 0 Å². The molecule has 0 aliphatic rings. The van der Waals surface area contributed by atoms with Crippen molar-refractivity contribution in [3.05, 3.63) is 52.9 Å². The van der Waals surface area contributed by atoms with Crippen LogP contribution in [0.1, 0.15) is 22.8 Å². The van der Waals surface area contributed by atoms with E-state index in [1.165, 1.54) is 6.07 Å². The lowest BCUT2D eigenvalue weighted by molar-refractivity contribution is 0.608. The molecule has 0 unspecified atom stereocenters. The van der Waals surface area contributed by atoms with Crippen LogP contribution < -0.4 is 5.73 Å². The number of imidazole rings is 1. The Morgan fingerprint density at radius 2 is 2.06 bits per heavy atom. The Labute approximate surface area is 99.9 Å². The fraction of sp³-hybridized carbons (Fsp3) is 0.308. The molecule has 0 atom stereocenters. The van der Waals surface area contributed by atoms with Crippen LogP contribution in [0.5, 0.6) is 0 Å². The number of aromatic nitrogens is 2. The maximum atomic E-state index is 13.4. The van der Waals surface area contributed by atoms with Gasteiger partial charge < -0.3 is 10.7 Å². The molecule has 0 saturated heterocycles. The zero-order valence-electron chi connectivity index (χ0n) is 9.83. The molecule has 2 aromatic rings. The Hall–Kier alpha value is -1.68. The Kier molecular flexibility index (Phi) is 3.54. The molecule has 0 spiro atoms. The fourth-order valence-electron chi connectivity index (χ4n) is 1.92. The van der Waals surface area contributed by atoms with Crippen LogP contribution in [-0.2, 0) is 19.4 Å². The summed E-state index contributed by atoms with van der Waals surface area (Å²) in [6.07, 6.45) is 1.35. The molecule has 3 nitrogen and oxygen atoms in total. The highest BCUT2D eigenvalue weighted by Gasteiger charge is 2.08. The summed E-state index contributed by atoms with van der Waals surface area (Å²) in [7, 11) is 0. The SMILES string of the molecule is Cc1nc(CCc2ccccc2F)c(CN)[nH]1. The molecule has 0 fully saturated rings. The lowest BCUT2D eigenvalue weighted by atomic mass is 10.1. The van der Waals surface area contributed by atoms with Crippen LogP contribution in [0.3, 0.4) is 0 Å². The maximum absolute atomic E-state index is 13.4. The number of H-pyrrole nitrogens is 1. The van der Waals surface area contributed by atoms with Gasteiger partial charge in [-0.25, -0.2) is 9.37 Å². The number of nitrogens with one attached hydrogen (secondary N) is 1. The van der Waals surface area contributed by atoms with E-state index in [2.05, 4.69) is 9.97 Å². The second-order valence-electron chi connectivity index (χ2n) is 4.04. The molecule has 1 heterocycles. The van der Waals surface area contributed by atoms with Crippen molar-refractivity contribution in [1.29, 1.82) is 0 Å². The molecule has 1 aromatic heterocycles. The van der Waals surface area contributed by atoms with Crippen LogP contribution in [0.4, 0.5) is 4.39 Å². The molecule has 3 N–H and O–H groups in total. The minimum Gasteiger partial charge on any atom is -0.345 e. The molecule has 0 aliphatic heterocycles. The van der Waals surface area contributed by atoms with Gasteiger partial charge in [-0.15, -0.1) is 0 Å². The van der Waals surface area contributed by atoms with Gasteiger partial charge in [-0.05, 0) is 31.4 Å². The average molecular weight is 233 g/mol. The van der Waals surface area contributed by atoms with E-state index < -0.39 is 0 Å². The smallest absolute Gasteiger partial charge is 0.126 e. The van der Waals surface area contributed by atoms with Gasteiger partial charge in [0.25, 0.3) is 0 Å². The van der Waals surface area contributed by atoms with E-state index in [1.807, 2.05) is 13.0 Å². The Morgan fingerprint density at radius 3 is 2.76 bits per heavy atom. The van der Waals surface area contributed by atoms with Gasteiger partial charge >= 0.3 is 0 Å². The minimum absolute atomic E-state index is 0.158. The van der Waals surface area contributed by atoms with Crippen molar-refractivity contribution in [3.8, 4) is 0 Å². The van der Waals surface area contributed by atoms with E-state index in [0.29, 0.717) is 19.4 Å². The molecule has 17 heavy (non-hydrogen) atoms. The van der Waals surface area contributed by atoms with E-state index in [4.69, 9.17) is 5.73 Å². The maximum Gasteiger partial charge on any atom is 0.126 e. The summed E-state index contributed by atoms with van der Waals surface area (Å²) < 4.78 is 13.4. The molecule has 0 radical (unpaired) electrons. The predicted molar refractivity (Wildman–Crippen MR) is 65.0 cm³/mol. The summed E-state index contributed by atoms with van der Waals surface area (Å²) >= 11 is 0. The lowest BCUT2D eigenvalue weighted by Gasteiger charge is -2.02. The van der Waals surface area contributed by atoms with Gasteiger partial charge in [0.1, 0.15) is 11.6 Å².